The Morgan fingerprint density at radius 1 is 0.837 bits per heavy atom. The van der Waals surface area contributed by atoms with Crippen molar-refractivity contribution in [3.8, 4) is 0 Å². The maximum atomic E-state index is 13.3. The highest BCUT2D eigenvalue weighted by molar-refractivity contribution is 14.1. The van der Waals surface area contributed by atoms with E-state index in [0.29, 0.717) is 48.2 Å². The summed E-state index contributed by atoms with van der Waals surface area (Å²) in [6.07, 6.45) is -2.45. The lowest BCUT2D eigenvalue weighted by atomic mass is 9.89. The van der Waals surface area contributed by atoms with Gasteiger partial charge in [0, 0.05) is 30.3 Å². The number of ether oxygens (including phenoxy) is 2. The Bertz CT molecular complexity index is 1580. The molecule has 0 saturated carbocycles. The van der Waals surface area contributed by atoms with Gasteiger partial charge in [-0.3, -0.25) is 0 Å². The lowest BCUT2D eigenvalue weighted by Gasteiger charge is -2.43. The molecule has 1 N–H and O–H groups in total. The van der Waals surface area contributed by atoms with Crippen molar-refractivity contribution in [1.29, 1.82) is 0 Å². The summed E-state index contributed by atoms with van der Waals surface area (Å²) in [5.74, 6) is 0.339. The van der Waals surface area contributed by atoms with Gasteiger partial charge in [-0.2, -0.15) is 13.2 Å². The molecular formula is C38H49F3IN3O3Si. The second-order valence-corrected chi connectivity index (χ2v) is 19.4. The number of hydrogen-bond acceptors (Lipinski definition) is 5. The van der Waals surface area contributed by atoms with E-state index >= 15 is 0 Å². The fourth-order valence-electron chi connectivity index (χ4n) is 7.19. The van der Waals surface area contributed by atoms with Crippen LogP contribution in [0.15, 0.2) is 84.9 Å². The maximum Gasteiger partial charge on any atom is 0.406 e. The predicted octanol–water partition coefficient (Wildman–Crippen LogP) is 7.54. The van der Waals surface area contributed by atoms with Crippen LogP contribution < -0.4 is 15.7 Å². The molecule has 0 spiro atoms. The van der Waals surface area contributed by atoms with Gasteiger partial charge < -0.3 is 28.7 Å². The number of halogens is 4. The van der Waals surface area contributed by atoms with Crippen LogP contribution in [0.2, 0.25) is 5.04 Å². The van der Waals surface area contributed by atoms with E-state index in [0.717, 1.165) is 37.0 Å². The molecular weight excluding hydrogens is 758 g/mol. The number of rotatable bonds is 15. The number of piperidine rings is 1. The van der Waals surface area contributed by atoms with Crippen LogP contribution in [-0.4, -0.2) is 83.2 Å². The number of hydrogen-bond donors (Lipinski definition) is 1. The summed E-state index contributed by atoms with van der Waals surface area (Å²) in [6, 6.07) is 28.8. The van der Waals surface area contributed by atoms with Crippen LogP contribution in [0.1, 0.15) is 33.6 Å². The van der Waals surface area contributed by atoms with Gasteiger partial charge in [0.1, 0.15) is 6.54 Å². The standard InChI is InChI=1S/C38H49F3IN3O3Si/c1-37(2,3)49(30-12-7-5-8-13-30,31-14-9-6-10-15-31)48-25-24-47-23-22-46-21-19-29-27-44(4)20-18-33(29)43-34-16-11-17-35-32(34)26-36(42)45(35)28-38(39,40)41/h5-17,26,29,33,43H,18-25,27-28H2,1-4H3. The molecule has 0 amide bonds. The Hall–Kier alpha value is -2.42. The molecule has 1 fully saturated rings. The minimum atomic E-state index is -4.28. The van der Waals surface area contributed by atoms with Gasteiger partial charge in [-0.05, 0) is 88.6 Å². The van der Waals surface area contributed by atoms with E-state index in [9.17, 15) is 13.2 Å². The Morgan fingerprint density at radius 2 is 1.45 bits per heavy atom. The lowest BCUT2D eigenvalue weighted by Crippen LogP contribution is -2.66. The van der Waals surface area contributed by atoms with Gasteiger partial charge >= 0.3 is 6.18 Å². The van der Waals surface area contributed by atoms with Gasteiger partial charge in [0.2, 0.25) is 0 Å². The summed E-state index contributed by atoms with van der Waals surface area (Å²) in [6.45, 7) is 10.3. The van der Waals surface area contributed by atoms with Crippen LogP contribution in [0.4, 0.5) is 18.9 Å². The molecule has 4 aromatic rings. The highest BCUT2D eigenvalue weighted by Gasteiger charge is 2.50. The summed E-state index contributed by atoms with van der Waals surface area (Å²) in [5, 5.41) is 6.95. The maximum absolute atomic E-state index is 13.3. The average Bonchev–Trinajstić information content (AvgIpc) is 3.37. The van der Waals surface area contributed by atoms with Crippen LogP contribution in [0, 0.1) is 9.62 Å². The van der Waals surface area contributed by atoms with Crippen molar-refractivity contribution < 1.29 is 27.1 Å². The molecule has 3 aromatic carbocycles. The van der Waals surface area contributed by atoms with Gasteiger partial charge in [0.05, 0.1) is 35.6 Å². The average molecular weight is 808 g/mol. The first kappa shape index (κ1) is 37.8. The molecule has 2 atom stereocenters. The molecule has 0 radical (unpaired) electrons. The zero-order valence-electron chi connectivity index (χ0n) is 28.9. The molecule has 0 aliphatic carbocycles. The van der Waals surface area contributed by atoms with Crippen molar-refractivity contribution in [2.24, 2.45) is 5.92 Å². The molecule has 1 aromatic heterocycles. The highest BCUT2D eigenvalue weighted by atomic mass is 127. The topological polar surface area (TPSA) is 47.9 Å². The lowest BCUT2D eigenvalue weighted by molar-refractivity contribution is -0.140. The van der Waals surface area contributed by atoms with Crippen molar-refractivity contribution in [1.82, 2.24) is 9.47 Å². The SMILES string of the molecule is CN1CCC(Nc2cccc3c2cc(I)n3CC(F)(F)F)C(CCOCCOCCO[Si](c2ccccc2)(c2ccccc2)C(C)(C)C)C1. The van der Waals surface area contributed by atoms with Gasteiger partial charge in [-0.15, -0.1) is 0 Å². The summed E-state index contributed by atoms with van der Waals surface area (Å²) in [4.78, 5) is 2.33. The number of nitrogens with zero attached hydrogens (tertiary/aromatic N) is 2. The van der Waals surface area contributed by atoms with Crippen LogP contribution in [0.25, 0.3) is 10.9 Å². The highest BCUT2D eigenvalue weighted by Crippen LogP contribution is 2.37. The van der Waals surface area contributed by atoms with E-state index in [-0.39, 0.29) is 11.1 Å². The Kier molecular flexibility index (Phi) is 12.9. The van der Waals surface area contributed by atoms with Crippen molar-refractivity contribution in [2.45, 2.75) is 57.4 Å². The number of fused-ring (bicyclic) bond motifs is 1. The summed E-state index contributed by atoms with van der Waals surface area (Å²) in [5.41, 5.74) is 1.47. The van der Waals surface area contributed by atoms with Crippen LogP contribution in [0.3, 0.4) is 0 Å². The molecule has 266 valence electrons. The minimum absolute atomic E-state index is 0.0813. The third kappa shape index (κ3) is 9.47. The zero-order valence-corrected chi connectivity index (χ0v) is 32.1. The van der Waals surface area contributed by atoms with E-state index in [1.54, 1.807) is 6.07 Å². The van der Waals surface area contributed by atoms with E-state index in [1.807, 2.05) is 52.9 Å². The van der Waals surface area contributed by atoms with Gasteiger partial charge in [-0.1, -0.05) is 87.5 Å². The summed E-state index contributed by atoms with van der Waals surface area (Å²) in [7, 11) is -0.453. The third-order valence-corrected chi connectivity index (χ3v) is 15.4. The van der Waals surface area contributed by atoms with Crippen LogP contribution in [-0.2, 0) is 20.4 Å². The van der Waals surface area contributed by atoms with E-state index in [4.69, 9.17) is 13.9 Å². The Labute approximate surface area is 303 Å². The molecule has 0 bridgehead atoms. The molecule has 2 heterocycles. The number of nitrogens with one attached hydrogen (secondary N) is 1. The predicted molar refractivity (Wildman–Crippen MR) is 204 cm³/mol. The van der Waals surface area contributed by atoms with Gasteiger partial charge in [0.25, 0.3) is 8.32 Å². The van der Waals surface area contributed by atoms with E-state index in [1.165, 1.54) is 14.9 Å². The van der Waals surface area contributed by atoms with Crippen LogP contribution in [0.5, 0.6) is 0 Å². The van der Waals surface area contributed by atoms with Gasteiger partial charge in [0.15, 0.2) is 0 Å². The zero-order chi connectivity index (χ0) is 35.1. The smallest absolute Gasteiger partial charge is 0.405 e. The fourth-order valence-corrected chi connectivity index (χ4v) is 12.5. The number of likely N-dealkylation sites (tertiary alicyclic amines) is 1. The minimum Gasteiger partial charge on any atom is -0.405 e. The monoisotopic (exact) mass is 807 g/mol. The molecule has 1 aliphatic heterocycles. The number of aromatic nitrogens is 1. The first-order valence-electron chi connectivity index (χ1n) is 17.1. The first-order valence-corrected chi connectivity index (χ1v) is 20.1. The number of alkyl halides is 3. The van der Waals surface area contributed by atoms with Crippen molar-refractivity contribution in [2.75, 3.05) is 58.5 Å². The number of anilines is 1. The molecule has 6 nitrogen and oxygen atoms in total. The normalized spacial score (nSPS) is 17.9. The first-order chi connectivity index (χ1) is 23.4. The summed E-state index contributed by atoms with van der Waals surface area (Å²) < 4.78 is 60.6. The molecule has 11 heteroatoms. The largest absolute Gasteiger partial charge is 0.406 e. The van der Waals surface area contributed by atoms with Gasteiger partial charge in [-0.25, -0.2) is 0 Å². The Balaban J connectivity index is 1.11. The molecule has 2 unspecified atom stereocenters. The molecule has 49 heavy (non-hydrogen) atoms. The molecule has 5 rings (SSSR count). The van der Waals surface area contributed by atoms with Crippen molar-refractivity contribution in [3.63, 3.8) is 0 Å². The van der Waals surface area contributed by atoms with E-state index in [2.05, 4.69) is 86.6 Å². The molecule has 1 aliphatic rings. The summed E-state index contributed by atoms with van der Waals surface area (Å²) >= 11 is 1.99. The van der Waals surface area contributed by atoms with E-state index < -0.39 is 21.0 Å². The second-order valence-electron chi connectivity index (χ2n) is 14.0. The second kappa shape index (κ2) is 16.7. The Morgan fingerprint density at radius 3 is 2.06 bits per heavy atom. The van der Waals surface area contributed by atoms with Crippen molar-refractivity contribution in [3.05, 3.63) is 88.6 Å². The fraction of sp³-hybridized carbons (Fsp3) is 0.474. The quantitative estimate of drug-likeness (QED) is 0.0765. The molecule has 1 saturated heterocycles. The van der Waals surface area contributed by atoms with Crippen LogP contribution >= 0.6 is 22.6 Å². The third-order valence-electron chi connectivity index (χ3n) is 9.48. The number of benzene rings is 3. The van der Waals surface area contributed by atoms with Crippen molar-refractivity contribution >= 4 is 57.9 Å².